The highest BCUT2D eigenvalue weighted by Gasteiger charge is 2.15. The zero-order valence-electron chi connectivity index (χ0n) is 10.2. The standard InChI is InChI=1S/C11H12N3O4/c1-6-4-11(18-8(3)16)9(13-14-12)5-10(6)17-7(2)15/h4-5,12H,1-3H3/q+1. The van der Waals surface area contributed by atoms with Crippen LogP contribution in [0.5, 0.6) is 11.5 Å². The van der Waals surface area contributed by atoms with Gasteiger partial charge >= 0.3 is 11.9 Å². The summed E-state index contributed by atoms with van der Waals surface area (Å²) in [6.07, 6.45) is 0. The maximum atomic E-state index is 10.9. The summed E-state index contributed by atoms with van der Waals surface area (Å²) in [7, 11) is 0. The van der Waals surface area contributed by atoms with Crippen LogP contribution < -0.4 is 14.4 Å². The molecule has 1 rings (SSSR count). The minimum atomic E-state index is -0.518. The number of hydrogen-bond donors (Lipinski definition) is 1. The van der Waals surface area contributed by atoms with Crippen molar-refractivity contribution in [1.82, 2.24) is 4.91 Å². The Labute approximate surface area is 103 Å². The maximum Gasteiger partial charge on any atom is 0.308 e. The lowest BCUT2D eigenvalue weighted by Crippen LogP contribution is -2.05. The first-order valence-corrected chi connectivity index (χ1v) is 5.03. The minimum Gasteiger partial charge on any atom is -0.426 e. The lowest BCUT2D eigenvalue weighted by atomic mass is 10.2. The van der Waals surface area contributed by atoms with Crippen molar-refractivity contribution in [3.05, 3.63) is 17.7 Å². The number of carbonyl (C=O) groups excluding carboxylic acids is 2. The van der Waals surface area contributed by atoms with Gasteiger partial charge in [0.1, 0.15) is 11.3 Å². The Morgan fingerprint density at radius 2 is 1.72 bits per heavy atom. The Balaban J connectivity index is 3.28. The van der Waals surface area contributed by atoms with Gasteiger partial charge in [0.25, 0.3) is 0 Å². The molecule has 0 heterocycles. The summed E-state index contributed by atoms with van der Waals surface area (Å²) >= 11 is 0. The highest BCUT2D eigenvalue weighted by Crippen LogP contribution is 2.34. The molecule has 0 spiro atoms. The molecule has 0 aromatic heterocycles. The maximum absolute atomic E-state index is 10.9. The van der Waals surface area contributed by atoms with Gasteiger partial charge in [0.05, 0.1) is 0 Å². The molecule has 7 heteroatoms. The van der Waals surface area contributed by atoms with Crippen molar-refractivity contribution in [3.63, 3.8) is 0 Å². The van der Waals surface area contributed by atoms with Crippen LogP contribution in [0.4, 0.5) is 5.69 Å². The first kappa shape index (κ1) is 13.5. The Morgan fingerprint density at radius 3 is 2.22 bits per heavy atom. The van der Waals surface area contributed by atoms with E-state index >= 15 is 0 Å². The molecule has 0 saturated heterocycles. The van der Waals surface area contributed by atoms with E-state index in [1.807, 2.05) is 0 Å². The molecule has 0 amide bonds. The molecule has 18 heavy (non-hydrogen) atoms. The van der Waals surface area contributed by atoms with Crippen LogP contribution in [-0.2, 0) is 9.59 Å². The Hall–Kier alpha value is -2.53. The molecule has 94 valence electrons. The highest BCUT2D eigenvalue weighted by atomic mass is 16.5. The van der Waals surface area contributed by atoms with Gasteiger partial charge in [-0.15, -0.1) is 0 Å². The van der Waals surface area contributed by atoms with Crippen molar-refractivity contribution in [2.75, 3.05) is 0 Å². The molecule has 1 aromatic rings. The average Bonchev–Trinajstić information content (AvgIpc) is 2.23. The molecule has 0 atom stereocenters. The molecule has 1 N–H and O–H groups in total. The predicted molar refractivity (Wildman–Crippen MR) is 60.7 cm³/mol. The Morgan fingerprint density at radius 1 is 1.17 bits per heavy atom. The van der Waals surface area contributed by atoms with E-state index in [1.54, 1.807) is 6.92 Å². The third-order valence-corrected chi connectivity index (χ3v) is 1.92. The van der Waals surface area contributed by atoms with Crippen molar-refractivity contribution in [3.8, 4) is 11.5 Å². The second-order valence-corrected chi connectivity index (χ2v) is 3.47. The van der Waals surface area contributed by atoms with Gasteiger partial charge < -0.3 is 9.47 Å². The van der Waals surface area contributed by atoms with Gasteiger partial charge in [0.15, 0.2) is 16.6 Å². The number of esters is 2. The van der Waals surface area contributed by atoms with Crippen LogP contribution in [0.15, 0.2) is 17.2 Å². The topological polar surface area (TPSA) is 103 Å². The number of hydrogen-bond acceptors (Lipinski definition) is 6. The zero-order chi connectivity index (χ0) is 13.7. The van der Waals surface area contributed by atoms with Gasteiger partial charge in [-0.2, -0.15) is 0 Å². The largest absolute Gasteiger partial charge is 0.426 e. The van der Waals surface area contributed by atoms with Gasteiger partial charge in [-0.05, 0) is 18.6 Å². The predicted octanol–water partition coefficient (Wildman–Crippen LogP) is 2.03. The first-order valence-electron chi connectivity index (χ1n) is 5.03. The third-order valence-electron chi connectivity index (χ3n) is 1.92. The van der Waals surface area contributed by atoms with E-state index < -0.39 is 11.9 Å². The number of aryl methyl sites for hydroxylation is 1. The molecule has 0 aliphatic carbocycles. The fraction of sp³-hybridized carbons (Fsp3) is 0.273. The fourth-order valence-electron chi connectivity index (χ4n) is 1.28. The van der Waals surface area contributed by atoms with Crippen LogP contribution in [-0.4, -0.2) is 11.9 Å². The van der Waals surface area contributed by atoms with Gasteiger partial charge in [-0.1, -0.05) is 0 Å². The quantitative estimate of drug-likeness (QED) is 0.383. The molecule has 0 saturated carbocycles. The summed E-state index contributed by atoms with van der Waals surface area (Å²) in [6, 6.07) is 2.87. The fourth-order valence-corrected chi connectivity index (χ4v) is 1.28. The molecule has 1 aromatic carbocycles. The molecule has 0 aliphatic rings. The summed E-state index contributed by atoms with van der Waals surface area (Å²) in [4.78, 5) is 24.7. The van der Waals surface area contributed by atoms with Crippen molar-refractivity contribution in [2.45, 2.75) is 20.8 Å². The number of benzene rings is 1. The molecule has 0 unspecified atom stereocenters. The molecular formula is C11H12N3O4+. The smallest absolute Gasteiger partial charge is 0.308 e. The van der Waals surface area contributed by atoms with Crippen molar-refractivity contribution in [2.24, 2.45) is 5.11 Å². The van der Waals surface area contributed by atoms with E-state index in [4.69, 9.17) is 15.0 Å². The van der Waals surface area contributed by atoms with E-state index in [0.29, 0.717) is 5.56 Å². The molecule has 0 radical (unpaired) electrons. The Kier molecular flexibility index (Phi) is 4.28. The van der Waals surface area contributed by atoms with E-state index in [9.17, 15) is 9.59 Å². The van der Waals surface area contributed by atoms with Crippen molar-refractivity contribution >= 4 is 17.6 Å². The lowest BCUT2D eigenvalue weighted by Gasteiger charge is -2.08. The number of carbonyl (C=O) groups is 2. The number of nitrogens with zero attached hydrogens (tertiary/aromatic N) is 2. The van der Waals surface area contributed by atoms with Crippen LogP contribution in [0.1, 0.15) is 19.4 Å². The van der Waals surface area contributed by atoms with Crippen LogP contribution in [0.3, 0.4) is 0 Å². The van der Waals surface area contributed by atoms with Gasteiger partial charge in [0.2, 0.25) is 4.91 Å². The van der Waals surface area contributed by atoms with Crippen LogP contribution in [0.25, 0.3) is 0 Å². The normalized spacial score (nSPS) is 9.28. The molecule has 0 aliphatic heterocycles. The van der Waals surface area contributed by atoms with Crippen molar-refractivity contribution < 1.29 is 19.1 Å². The lowest BCUT2D eigenvalue weighted by molar-refractivity contribution is -0.133. The van der Waals surface area contributed by atoms with Crippen LogP contribution in [0, 0.1) is 12.5 Å². The summed E-state index contributed by atoms with van der Waals surface area (Å²) in [5.41, 5.74) is 7.44. The SMILES string of the molecule is CC(=O)Oc1cc(N=[N+]=N)c(OC(C)=O)cc1C. The number of ether oxygens (including phenoxy) is 2. The monoisotopic (exact) mass is 250 g/mol. The number of nitrogens with one attached hydrogen (secondary N) is 1. The first-order chi connectivity index (χ1) is 8.43. The zero-order valence-corrected chi connectivity index (χ0v) is 10.2. The average molecular weight is 250 g/mol. The summed E-state index contributed by atoms with van der Waals surface area (Å²) in [5, 5.41) is 3.49. The Bertz CT molecular complexity index is 547. The summed E-state index contributed by atoms with van der Waals surface area (Å²) in [5.74, 6) is -0.559. The van der Waals surface area contributed by atoms with Crippen molar-refractivity contribution in [1.29, 1.82) is 5.53 Å². The van der Waals surface area contributed by atoms with Crippen LogP contribution >= 0.6 is 0 Å². The minimum absolute atomic E-state index is 0.141. The molecule has 7 nitrogen and oxygen atoms in total. The van der Waals surface area contributed by atoms with E-state index in [0.717, 1.165) is 0 Å². The summed E-state index contributed by atoms with van der Waals surface area (Å²) in [6.45, 7) is 4.20. The second-order valence-electron chi connectivity index (χ2n) is 3.47. The van der Waals surface area contributed by atoms with E-state index in [1.165, 1.54) is 26.0 Å². The van der Waals surface area contributed by atoms with Crippen LogP contribution in [0.2, 0.25) is 0 Å². The van der Waals surface area contributed by atoms with Gasteiger partial charge in [0, 0.05) is 19.9 Å². The number of rotatable bonds is 3. The summed E-state index contributed by atoms with van der Waals surface area (Å²) < 4.78 is 9.87. The third kappa shape index (κ3) is 3.50. The van der Waals surface area contributed by atoms with E-state index in [-0.39, 0.29) is 17.2 Å². The molecular weight excluding hydrogens is 238 g/mol. The van der Waals surface area contributed by atoms with Gasteiger partial charge in [-0.25, -0.2) is 0 Å². The second kappa shape index (κ2) is 5.70. The molecule has 0 fully saturated rings. The highest BCUT2D eigenvalue weighted by molar-refractivity contribution is 5.74. The van der Waals surface area contributed by atoms with Gasteiger partial charge in [-0.3, -0.25) is 9.59 Å². The van der Waals surface area contributed by atoms with E-state index in [2.05, 4.69) is 10.0 Å². The molecule has 0 bridgehead atoms.